The minimum absolute atomic E-state index is 0.609. The summed E-state index contributed by atoms with van der Waals surface area (Å²) in [6.45, 7) is 15.1. The van der Waals surface area contributed by atoms with Gasteiger partial charge in [0.25, 0.3) is 0 Å². The van der Waals surface area contributed by atoms with Crippen molar-refractivity contribution in [2.24, 2.45) is 46.8 Å². The van der Waals surface area contributed by atoms with Crippen molar-refractivity contribution in [2.75, 3.05) is 0 Å². The van der Waals surface area contributed by atoms with Gasteiger partial charge in [-0.1, -0.05) is 50.5 Å². The molecule has 3 fully saturated rings. The average molecular weight is 341 g/mol. The van der Waals surface area contributed by atoms with E-state index in [1.165, 1.54) is 44.9 Å². The van der Waals surface area contributed by atoms with E-state index in [9.17, 15) is 0 Å². The third-order valence-corrected chi connectivity index (χ3v) is 9.34. The highest BCUT2D eigenvalue weighted by atomic mass is 14.6. The Kier molecular flexibility index (Phi) is 4.49. The fourth-order valence-electron chi connectivity index (χ4n) is 7.63. The van der Waals surface area contributed by atoms with Crippen LogP contribution in [-0.2, 0) is 0 Å². The molecule has 0 heterocycles. The van der Waals surface area contributed by atoms with Gasteiger partial charge in [0.15, 0.2) is 0 Å². The van der Waals surface area contributed by atoms with Crippen LogP contribution in [0.1, 0.15) is 86.5 Å². The van der Waals surface area contributed by atoms with Crippen LogP contribution in [0, 0.1) is 46.8 Å². The Morgan fingerprint density at radius 3 is 2.56 bits per heavy atom. The fourth-order valence-corrected chi connectivity index (χ4v) is 7.63. The van der Waals surface area contributed by atoms with Crippen molar-refractivity contribution >= 4 is 0 Å². The smallest absolute Gasteiger partial charge is 0.0135 e. The fraction of sp³-hybridized carbons (Fsp3) is 0.840. The lowest BCUT2D eigenvalue weighted by Gasteiger charge is -2.49. The molecular weight excluding hydrogens is 300 g/mol. The lowest BCUT2D eigenvalue weighted by Crippen LogP contribution is -2.40. The highest BCUT2D eigenvalue weighted by Crippen LogP contribution is 2.62. The average Bonchev–Trinajstić information content (AvgIpc) is 3.09. The molecule has 0 bridgehead atoms. The van der Waals surface area contributed by atoms with E-state index >= 15 is 0 Å². The summed E-state index contributed by atoms with van der Waals surface area (Å²) in [4.78, 5) is 0. The second kappa shape index (κ2) is 6.28. The molecule has 0 heteroatoms. The Balaban J connectivity index is 1.72. The molecule has 140 valence electrons. The molecule has 4 rings (SSSR count). The van der Waals surface area contributed by atoms with Crippen LogP contribution in [0.15, 0.2) is 22.8 Å². The van der Waals surface area contributed by atoms with Gasteiger partial charge in [0.2, 0.25) is 0 Å². The van der Waals surface area contributed by atoms with E-state index in [-0.39, 0.29) is 0 Å². The molecule has 1 unspecified atom stereocenters. The molecule has 0 N–H and O–H groups in total. The van der Waals surface area contributed by atoms with E-state index in [0.29, 0.717) is 5.41 Å². The molecule has 25 heavy (non-hydrogen) atoms. The molecule has 3 saturated carbocycles. The summed E-state index contributed by atoms with van der Waals surface area (Å²) in [5.41, 5.74) is 6.06. The van der Waals surface area contributed by atoms with E-state index in [0.717, 1.165) is 41.4 Å². The first-order valence-electron chi connectivity index (χ1n) is 11.2. The van der Waals surface area contributed by atoms with Crippen molar-refractivity contribution in [3.05, 3.63) is 22.8 Å². The Bertz CT molecular complexity index is 591. The monoisotopic (exact) mass is 340 g/mol. The SMILES string of the molecule is C/C1=C/C[C@@H]2/C(=C(/C)[C@H]3C[C@H]4[C@@H](C(C)C)CC[C@]4(C)C[C@H]13)CCC2C. The van der Waals surface area contributed by atoms with Crippen molar-refractivity contribution in [1.82, 2.24) is 0 Å². The van der Waals surface area contributed by atoms with Gasteiger partial charge in [-0.3, -0.25) is 0 Å². The molecule has 0 aliphatic heterocycles. The molecule has 4 aliphatic carbocycles. The molecule has 4 aliphatic rings. The number of hydrogen-bond donors (Lipinski definition) is 0. The molecule has 0 aromatic rings. The summed E-state index contributed by atoms with van der Waals surface area (Å²) in [6.07, 6.45) is 12.7. The molecule has 0 nitrogen and oxygen atoms in total. The highest BCUT2D eigenvalue weighted by molar-refractivity contribution is 5.30. The maximum absolute atomic E-state index is 2.66. The largest absolute Gasteiger partial charge is 0.0847 e. The summed E-state index contributed by atoms with van der Waals surface area (Å²) in [7, 11) is 0. The van der Waals surface area contributed by atoms with Crippen molar-refractivity contribution < 1.29 is 0 Å². The molecule has 0 aromatic heterocycles. The summed E-state index contributed by atoms with van der Waals surface area (Å²) in [6, 6.07) is 0. The van der Waals surface area contributed by atoms with Crippen LogP contribution in [0.2, 0.25) is 0 Å². The topological polar surface area (TPSA) is 0 Å². The third kappa shape index (κ3) is 2.78. The molecule has 7 atom stereocenters. The van der Waals surface area contributed by atoms with E-state index in [4.69, 9.17) is 0 Å². The third-order valence-electron chi connectivity index (χ3n) is 9.34. The molecule has 0 amide bonds. The van der Waals surface area contributed by atoms with Gasteiger partial charge in [-0.15, -0.1) is 0 Å². The van der Waals surface area contributed by atoms with E-state index in [1.807, 2.05) is 11.1 Å². The summed E-state index contributed by atoms with van der Waals surface area (Å²) in [5.74, 6) is 6.22. The second-order valence-electron chi connectivity index (χ2n) is 10.9. The molecule has 0 radical (unpaired) electrons. The number of fused-ring (bicyclic) bond motifs is 3. The van der Waals surface area contributed by atoms with Crippen LogP contribution in [0.3, 0.4) is 0 Å². The maximum Gasteiger partial charge on any atom is -0.0135 e. The standard InChI is InChI=1S/C25H40/c1-15(2)19-11-12-25(6)14-23-17(4)7-9-20-16(3)8-10-21(20)18(5)22(23)13-24(19)25/h7,15-16,19-20,22-24H,8-14H2,1-6H3/b17-7-,21-18-/t16?,19-,20+,22-,23-,24+,25-/m1/s1. The predicted octanol–water partition coefficient (Wildman–Crippen LogP) is 7.41. The normalized spacial score (nSPS) is 52.0. The molecule has 0 spiro atoms. The van der Waals surface area contributed by atoms with Crippen molar-refractivity contribution in [1.29, 1.82) is 0 Å². The predicted molar refractivity (Wildman–Crippen MR) is 108 cm³/mol. The van der Waals surface area contributed by atoms with Crippen LogP contribution in [0.4, 0.5) is 0 Å². The first-order chi connectivity index (χ1) is 11.8. The zero-order valence-corrected chi connectivity index (χ0v) is 17.6. The van der Waals surface area contributed by atoms with Crippen LogP contribution in [-0.4, -0.2) is 0 Å². The van der Waals surface area contributed by atoms with E-state index < -0.39 is 0 Å². The van der Waals surface area contributed by atoms with E-state index in [1.54, 1.807) is 5.57 Å². The minimum Gasteiger partial charge on any atom is -0.0847 e. The molecule has 0 aromatic carbocycles. The van der Waals surface area contributed by atoms with Gasteiger partial charge >= 0.3 is 0 Å². The van der Waals surface area contributed by atoms with Crippen LogP contribution >= 0.6 is 0 Å². The summed E-state index contributed by atoms with van der Waals surface area (Å²) in [5, 5.41) is 0. The lowest BCUT2D eigenvalue weighted by molar-refractivity contribution is 0.0527. The van der Waals surface area contributed by atoms with Gasteiger partial charge in [-0.05, 0) is 106 Å². The first-order valence-corrected chi connectivity index (χ1v) is 11.2. The van der Waals surface area contributed by atoms with E-state index in [2.05, 4.69) is 47.6 Å². The quantitative estimate of drug-likeness (QED) is 0.436. The van der Waals surface area contributed by atoms with Crippen LogP contribution in [0.25, 0.3) is 0 Å². The van der Waals surface area contributed by atoms with Gasteiger partial charge in [0.1, 0.15) is 0 Å². The second-order valence-corrected chi connectivity index (χ2v) is 10.9. The molecule has 0 saturated heterocycles. The summed E-state index contributed by atoms with van der Waals surface area (Å²) < 4.78 is 0. The van der Waals surface area contributed by atoms with Gasteiger partial charge in [0.05, 0.1) is 0 Å². The highest BCUT2D eigenvalue weighted by Gasteiger charge is 2.52. The molecular formula is C25H40. The van der Waals surface area contributed by atoms with Gasteiger partial charge < -0.3 is 0 Å². The van der Waals surface area contributed by atoms with Crippen molar-refractivity contribution in [3.8, 4) is 0 Å². The number of rotatable bonds is 1. The minimum atomic E-state index is 0.609. The maximum atomic E-state index is 2.66. The summed E-state index contributed by atoms with van der Waals surface area (Å²) >= 11 is 0. The van der Waals surface area contributed by atoms with Gasteiger partial charge in [-0.2, -0.15) is 0 Å². The zero-order chi connectivity index (χ0) is 17.9. The van der Waals surface area contributed by atoms with Crippen molar-refractivity contribution in [2.45, 2.75) is 86.5 Å². The first kappa shape index (κ1) is 17.9. The van der Waals surface area contributed by atoms with Gasteiger partial charge in [0, 0.05) is 0 Å². The Labute approximate surface area is 156 Å². The number of hydrogen-bond acceptors (Lipinski definition) is 0. The Morgan fingerprint density at radius 1 is 1.08 bits per heavy atom. The lowest BCUT2D eigenvalue weighted by atomic mass is 9.56. The Hall–Kier alpha value is -0.520. The van der Waals surface area contributed by atoms with Crippen LogP contribution in [0.5, 0.6) is 0 Å². The zero-order valence-electron chi connectivity index (χ0n) is 17.6. The van der Waals surface area contributed by atoms with Crippen molar-refractivity contribution in [3.63, 3.8) is 0 Å². The van der Waals surface area contributed by atoms with Gasteiger partial charge in [-0.25, -0.2) is 0 Å². The Morgan fingerprint density at radius 2 is 1.84 bits per heavy atom. The number of allylic oxidation sites excluding steroid dienone is 4. The van der Waals surface area contributed by atoms with Crippen LogP contribution < -0.4 is 0 Å².